The number of hydrogen-bond donors (Lipinski definition) is 2. The average molecular weight is 383 g/mol. The number of nitrogens with zero attached hydrogens (tertiary/aromatic N) is 1. The lowest BCUT2D eigenvalue weighted by Gasteiger charge is -2.06. The number of phenols is 2. The fraction of sp³-hybridized carbons (Fsp3) is 0.0417. The number of Topliss-reactive ketones (excluding diaryl/α,β-unsaturated/α-hetero) is 1. The number of rotatable bonds is 2. The SMILES string of the molecule is Cn1cc(C=C2Oc3cc(O)cc(O)c3C2=O)c2c(-c3ccccc3)cccc21. The van der Waals surface area contributed by atoms with Gasteiger partial charge in [0.15, 0.2) is 5.76 Å². The van der Waals surface area contributed by atoms with Gasteiger partial charge in [-0.3, -0.25) is 4.79 Å². The van der Waals surface area contributed by atoms with E-state index in [4.69, 9.17) is 4.74 Å². The largest absolute Gasteiger partial charge is 0.508 e. The highest BCUT2D eigenvalue weighted by Crippen LogP contribution is 2.41. The van der Waals surface area contributed by atoms with Gasteiger partial charge in [0.1, 0.15) is 22.8 Å². The van der Waals surface area contributed by atoms with Crippen molar-refractivity contribution in [1.82, 2.24) is 4.57 Å². The second kappa shape index (κ2) is 6.27. The van der Waals surface area contributed by atoms with Gasteiger partial charge in [0, 0.05) is 41.8 Å². The van der Waals surface area contributed by atoms with Gasteiger partial charge in [0.05, 0.1) is 0 Å². The predicted molar refractivity (Wildman–Crippen MR) is 111 cm³/mol. The smallest absolute Gasteiger partial charge is 0.235 e. The second-order valence-electron chi connectivity index (χ2n) is 7.04. The van der Waals surface area contributed by atoms with E-state index in [2.05, 4.69) is 6.07 Å². The van der Waals surface area contributed by atoms with E-state index in [1.165, 1.54) is 6.07 Å². The zero-order chi connectivity index (χ0) is 20.1. The first-order valence-corrected chi connectivity index (χ1v) is 9.16. The third-order valence-corrected chi connectivity index (χ3v) is 5.15. The number of hydrogen-bond acceptors (Lipinski definition) is 4. The maximum absolute atomic E-state index is 12.8. The molecular weight excluding hydrogens is 366 g/mol. The maximum Gasteiger partial charge on any atom is 0.235 e. The molecule has 0 radical (unpaired) electrons. The summed E-state index contributed by atoms with van der Waals surface area (Å²) in [6, 6.07) is 18.6. The number of aromatic nitrogens is 1. The fourth-order valence-electron chi connectivity index (χ4n) is 3.87. The molecular formula is C24H17NO4. The molecule has 29 heavy (non-hydrogen) atoms. The number of aryl methyl sites for hydroxylation is 1. The molecule has 0 amide bonds. The first-order valence-electron chi connectivity index (χ1n) is 9.16. The summed E-state index contributed by atoms with van der Waals surface area (Å²) in [6.07, 6.45) is 3.63. The normalized spacial score (nSPS) is 14.4. The van der Waals surface area contributed by atoms with Gasteiger partial charge in [-0.25, -0.2) is 0 Å². The van der Waals surface area contributed by atoms with Crippen LogP contribution in [0.3, 0.4) is 0 Å². The van der Waals surface area contributed by atoms with E-state index in [1.54, 1.807) is 6.08 Å². The summed E-state index contributed by atoms with van der Waals surface area (Å²) < 4.78 is 7.67. The number of fused-ring (bicyclic) bond motifs is 2. The van der Waals surface area contributed by atoms with E-state index in [9.17, 15) is 15.0 Å². The Labute approximate surface area is 166 Å². The number of ether oxygens (including phenoxy) is 1. The third kappa shape index (κ3) is 2.67. The van der Waals surface area contributed by atoms with Crippen molar-refractivity contribution in [2.75, 3.05) is 0 Å². The number of aromatic hydroxyl groups is 2. The molecule has 5 heteroatoms. The van der Waals surface area contributed by atoms with Crippen molar-refractivity contribution in [2.45, 2.75) is 0 Å². The van der Waals surface area contributed by atoms with E-state index in [-0.39, 0.29) is 28.6 Å². The molecule has 0 fully saturated rings. The zero-order valence-electron chi connectivity index (χ0n) is 15.6. The van der Waals surface area contributed by atoms with Gasteiger partial charge in [0.2, 0.25) is 5.78 Å². The van der Waals surface area contributed by atoms with Crippen LogP contribution in [0.5, 0.6) is 17.2 Å². The van der Waals surface area contributed by atoms with Crippen LogP contribution in [0, 0.1) is 0 Å². The van der Waals surface area contributed by atoms with E-state index in [0.717, 1.165) is 33.7 Å². The van der Waals surface area contributed by atoms with Crippen LogP contribution in [-0.4, -0.2) is 20.6 Å². The first kappa shape index (κ1) is 17.1. The van der Waals surface area contributed by atoms with E-state index >= 15 is 0 Å². The molecule has 0 unspecified atom stereocenters. The van der Waals surface area contributed by atoms with Crippen molar-refractivity contribution >= 4 is 22.8 Å². The minimum absolute atomic E-state index is 0.0672. The van der Waals surface area contributed by atoms with Crippen molar-refractivity contribution in [3.05, 3.63) is 83.7 Å². The average Bonchev–Trinajstić information content (AvgIpc) is 3.19. The van der Waals surface area contributed by atoms with Gasteiger partial charge in [-0.1, -0.05) is 42.5 Å². The Kier molecular flexibility index (Phi) is 3.71. The Bertz CT molecular complexity index is 1320. The number of allylic oxidation sites excluding steroid dienone is 1. The quantitative estimate of drug-likeness (QED) is 0.484. The Balaban J connectivity index is 1.69. The molecule has 3 aromatic carbocycles. The number of ketones is 1. The Hall–Kier alpha value is -3.99. The summed E-state index contributed by atoms with van der Waals surface area (Å²) in [5.74, 6) is -0.603. The van der Waals surface area contributed by atoms with Crippen molar-refractivity contribution in [2.24, 2.45) is 7.05 Å². The lowest BCUT2D eigenvalue weighted by atomic mass is 9.98. The van der Waals surface area contributed by atoms with Gasteiger partial charge in [0.25, 0.3) is 0 Å². The summed E-state index contributed by atoms with van der Waals surface area (Å²) in [7, 11) is 1.95. The summed E-state index contributed by atoms with van der Waals surface area (Å²) >= 11 is 0. The highest BCUT2D eigenvalue weighted by molar-refractivity contribution is 6.17. The van der Waals surface area contributed by atoms with Crippen molar-refractivity contribution in [1.29, 1.82) is 0 Å². The van der Waals surface area contributed by atoms with Crippen LogP contribution in [0.25, 0.3) is 28.1 Å². The van der Waals surface area contributed by atoms with E-state index in [0.29, 0.717) is 0 Å². The van der Waals surface area contributed by atoms with Gasteiger partial charge < -0.3 is 19.5 Å². The monoisotopic (exact) mass is 383 g/mol. The molecule has 2 heterocycles. The molecule has 4 aromatic rings. The van der Waals surface area contributed by atoms with Crippen molar-refractivity contribution in [3.8, 4) is 28.4 Å². The molecule has 0 bridgehead atoms. The van der Waals surface area contributed by atoms with Gasteiger partial charge in [-0.2, -0.15) is 0 Å². The first-order chi connectivity index (χ1) is 14.0. The summed E-state index contributed by atoms with van der Waals surface area (Å²) in [5, 5.41) is 20.7. The van der Waals surface area contributed by atoms with E-state index < -0.39 is 5.78 Å². The minimum atomic E-state index is -0.410. The molecule has 0 aliphatic carbocycles. The summed E-state index contributed by atoms with van der Waals surface area (Å²) in [5.41, 5.74) is 4.06. The minimum Gasteiger partial charge on any atom is -0.508 e. The molecule has 0 spiro atoms. The van der Waals surface area contributed by atoms with Crippen LogP contribution in [0.1, 0.15) is 15.9 Å². The zero-order valence-corrected chi connectivity index (χ0v) is 15.6. The lowest BCUT2D eigenvalue weighted by molar-refractivity contribution is 0.101. The topological polar surface area (TPSA) is 71.7 Å². The van der Waals surface area contributed by atoms with Crippen molar-refractivity contribution < 1.29 is 19.7 Å². The molecule has 1 aliphatic rings. The fourth-order valence-corrected chi connectivity index (χ4v) is 3.87. The molecule has 2 N–H and O–H groups in total. The highest BCUT2D eigenvalue weighted by atomic mass is 16.5. The lowest BCUT2D eigenvalue weighted by Crippen LogP contribution is -1.98. The molecule has 1 aliphatic heterocycles. The summed E-state index contributed by atoms with van der Waals surface area (Å²) in [4.78, 5) is 12.8. The number of benzene rings is 3. The van der Waals surface area contributed by atoms with Crippen LogP contribution < -0.4 is 4.74 Å². The van der Waals surface area contributed by atoms with Gasteiger partial charge in [-0.15, -0.1) is 0 Å². The standard InChI is InChI=1S/C24H17NO4/c1-25-13-15(10-21-24(28)23-19(27)11-16(26)12-20(23)29-21)22-17(8-5-9-18(22)25)14-6-3-2-4-7-14/h2-13,26-27H,1H3. The van der Waals surface area contributed by atoms with Gasteiger partial charge >= 0.3 is 0 Å². The molecule has 0 saturated carbocycles. The van der Waals surface area contributed by atoms with Crippen LogP contribution >= 0.6 is 0 Å². The van der Waals surface area contributed by atoms with Crippen LogP contribution in [0.4, 0.5) is 0 Å². The number of carbonyl (C=O) groups is 1. The third-order valence-electron chi connectivity index (χ3n) is 5.15. The Morgan fingerprint density at radius 2 is 1.79 bits per heavy atom. The molecule has 0 atom stereocenters. The second-order valence-corrected chi connectivity index (χ2v) is 7.04. The highest BCUT2D eigenvalue weighted by Gasteiger charge is 2.31. The molecule has 142 valence electrons. The Morgan fingerprint density at radius 1 is 1.00 bits per heavy atom. The number of phenolic OH excluding ortho intramolecular Hbond substituents is 2. The maximum atomic E-state index is 12.8. The molecule has 1 aromatic heterocycles. The van der Waals surface area contributed by atoms with Crippen LogP contribution in [-0.2, 0) is 7.05 Å². The van der Waals surface area contributed by atoms with Crippen LogP contribution in [0.15, 0.2) is 72.6 Å². The van der Waals surface area contributed by atoms with Crippen molar-refractivity contribution in [3.63, 3.8) is 0 Å². The molecule has 5 nitrogen and oxygen atoms in total. The molecule has 0 saturated heterocycles. The predicted octanol–water partition coefficient (Wildman–Crippen LogP) is 4.87. The van der Waals surface area contributed by atoms with Crippen LogP contribution in [0.2, 0.25) is 0 Å². The number of carbonyl (C=O) groups excluding carboxylic acids is 1. The summed E-state index contributed by atoms with van der Waals surface area (Å²) in [6.45, 7) is 0. The molecule has 5 rings (SSSR count). The van der Waals surface area contributed by atoms with Gasteiger partial charge in [-0.05, 0) is 23.3 Å². The Morgan fingerprint density at radius 3 is 2.59 bits per heavy atom. The van der Waals surface area contributed by atoms with E-state index in [1.807, 2.05) is 60.3 Å².